The van der Waals surface area contributed by atoms with Crippen LogP contribution in [-0.2, 0) is 4.79 Å². The summed E-state index contributed by atoms with van der Waals surface area (Å²) in [6.07, 6.45) is 2.70. The predicted molar refractivity (Wildman–Crippen MR) is 105 cm³/mol. The number of hydrogen-bond donors (Lipinski definition) is 0. The number of fused-ring (bicyclic) bond motifs is 1. The van der Waals surface area contributed by atoms with E-state index in [-0.39, 0.29) is 11.7 Å². The number of carbonyl (C=O) groups is 2. The third-order valence-corrected chi connectivity index (χ3v) is 5.72. The predicted octanol–water partition coefficient (Wildman–Crippen LogP) is 2.80. The fourth-order valence-electron chi connectivity index (χ4n) is 4.16. The molecule has 1 saturated heterocycles. The lowest BCUT2D eigenvalue weighted by Gasteiger charge is -2.39. The molecule has 5 nitrogen and oxygen atoms in total. The van der Waals surface area contributed by atoms with Gasteiger partial charge in [-0.15, -0.1) is 0 Å². The van der Waals surface area contributed by atoms with Crippen molar-refractivity contribution in [3.05, 3.63) is 29.8 Å². The molecule has 0 radical (unpaired) electrons. The summed E-state index contributed by atoms with van der Waals surface area (Å²) in [5.74, 6) is 0.160. The number of rotatable bonds is 6. The summed E-state index contributed by atoms with van der Waals surface area (Å²) in [6.45, 7) is 10.9. The Kier molecular flexibility index (Phi) is 6.43. The molecule has 142 valence electrons. The number of para-hydroxylation sites is 1. The zero-order valence-corrected chi connectivity index (χ0v) is 16.1. The second-order valence-corrected chi connectivity index (χ2v) is 7.47. The van der Waals surface area contributed by atoms with Crippen LogP contribution in [0.2, 0.25) is 0 Å². The lowest BCUT2D eigenvalue weighted by atomic mass is 10.1. The molecule has 1 fully saturated rings. The highest BCUT2D eigenvalue weighted by Gasteiger charge is 2.26. The highest BCUT2D eigenvalue weighted by Crippen LogP contribution is 2.27. The van der Waals surface area contributed by atoms with Crippen LogP contribution in [-0.4, -0.2) is 66.8 Å². The Hall–Kier alpha value is -1.72. The van der Waals surface area contributed by atoms with Crippen molar-refractivity contribution in [2.45, 2.75) is 45.6 Å². The molecular weight excluding hydrogens is 326 g/mol. The first-order valence-electron chi connectivity index (χ1n) is 9.99. The van der Waals surface area contributed by atoms with Crippen LogP contribution in [0.5, 0.6) is 0 Å². The topological polar surface area (TPSA) is 43.9 Å². The summed E-state index contributed by atoms with van der Waals surface area (Å²) in [7, 11) is 0. The first-order valence-corrected chi connectivity index (χ1v) is 9.99. The van der Waals surface area contributed by atoms with E-state index in [0.29, 0.717) is 31.0 Å². The highest BCUT2D eigenvalue weighted by atomic mass is 16.2. The van der Waals surface area contributed by atoms with Crippen molar-refractivity contribution in [2.75, 3.05) is 44.2 Å². The quantitative estimate of drug-likeness (QED) is 0.735. The molecule has 26 heavy (non-hydrogen) atoms. The maximum atomic E-state index is 12.5. The molecule has 0 saturated carbocycles. The minimum Gasteiger partial charge on any atom is -0.312 e. The van der Waals surface area contributed by atoms with Gasteiger partial charge < -0.3 is 9.80 Å². The zero-order valence-electron chi connectivity index (χ0n) is 16.1. The Balaban J connectivity index is 1.52. The van der Waals surface area contributed by atoms with Crippen LogP contribution in [0.1, 0.15) is 49.9 Å². The lowest BCUT2D eigenvalue weighted by molar-refractivity contribution is -0.118. The second-order valence-electron chi connectivity index (χ2n) is 7.47. The Morgan fingerprint density at radius 1 is 1.04 bits per heavy atom. The summed E-state index contributed by atoms with van der Waals surface area (Å²) >= 11 is 0. The summed E-state index contributed by atoms with van der Waals surface area (Å²) in [6, 6.07) is 8.16. The van der Waals surface area contributed by atoms with Gasteiger partial charge in [-0.2, -0.15) is 0 Å². The number of benzene rings is 1. The van der Waals surface area contributed by atoms with Crippen LogP contribution in [0.25, 0.3) is 0 Å². The van der Waals surface area contributed by atoms with Gasteiger partial charge in [0.25, 0.3) is 0 Å². The average Bonchev–Trinajstić information content (AvgIpc) is 2.77. The molecule has 2 aliphatic rings. The number of amides is 1. The first kappa shape index (κ1) is 19.1. The molecular formula is C21H31N3O2. The van der Waals surface area contributed by atoms with Gasteiger partial charge in [-0.05, 0) is 45.0 Å². The van der Waals surface area contributed by atoms with Crippen molar-refractivity contribution < 1.29 is 9.59 Å². The Labute approximate surface area is 156 Å². The van der Waals surface area contributed by atoms with E-state index in [4.69, 9.17) is 0 Å². The number of unbranched alkanes of at least 4 members (excludes halogenated alkanes) is 1. The summed E-state index contributed by atoms with van der Waals surface area (Å²) in [5.41, 5.74) is 1.49. The van der Waals surface area contributed by atoms with Crippen LogP contribution in [0, 0.1) is 0 Å². The van der Waals surface area contributed by atoms with Crippen molar-refractivity contribution in [1.29, 1.82) is 0 Å². The van der Waals surface area contributed by atoms with Crippen molar-refractivity contribution in [3.8, 4) is 0 Å². The standard InChI is InChI=1S/C21H31N3O2/c1-3-23-15-14-22(16-17(23)2)12-6-7-13-24-19-9-5-4-8-18(19)20(25)10-11-21(24)26/h4-5,8-9,17H,3,6-7,10-16H2,1-2H3. The first-order chi connectivity index (χ1) is 12.6. The molecule has 5 heteroatoms. The molecule has 1 amide bonds. The number of nitrogens with zero attached hydrogens (tertiary/aromatic N) is 3. The van der Waals surface area contributed by atoms with E-state index in [0.717, 1.165) is 51.3 Å². The minimum atomic E-state index is 0.0773. The van der Waals surface area contributed by atoms with Gasteiger partial charge in [0.1, 0.15) is 0 Å². The Morgan fingerprint density at radius 2 is 1.81 bits per heavy atom. The molecule has 2 aliphatic heterocycles. The van der Waals surface area contributed by atoms with Gasteiger partial charge >= 0.3 is 0 Å². The lowest BCUT2D eigenvalue weighted by Crippen LogP contribution is -2.51. The number of likely N-dealkylation sites (N-methyl/N-ethyl adjacent to an activating group) is 1. The van der Waals surface area contributed by atoms with Crippen LogP contribution >= 0.6 is 0 Å². The number of anilines is 1. The average molecular weight is 357 g/mol. The maximum absolute atomic E-state index is 12.5. The van der Waals surface area contributed by atoms with Gasteiger partial charge in [-0.25, -0.2) is 0 Å². The summed E-state index contributed by atoms with van der Waals surface area (Å²) < 4.78 is 0. The maximum Gasteiger partial charge on any atom is 0.227 e. The van der Waals surface area contributed by atoms with E-state index in [9.17, 15) is 9.59 Å². The van der Waals surface area contributed by atoms with E-state index < -0.39 is 0 Å². The van der Waals surface area contributed by atoms with Crippen LogP contribution < -0.4 is 4.90 Å². The molecule has 0 bridgehead atoms. The highest BCUT2D eigenvalue weighted by molar-refractivity contribution is 6.09. The van der Waals surface area contributed by atoms with E-state index in [1.165, 1.54) is 0 Å². The monoisotopic (exact) mass is 357 g/mol. The van der Waals surface area contributed by atoms with Crippen molar-refractivity contribution >= 4 is 17.4 Å². The van der Waals surface area contributed by atoms with E-state index >= 15 is 0 Å². The number of piperazine rings is 1. The van der Waals surface area contributed by atoms with Gasteiger partial charge in [-0.3, -0.25) is 14.5 Å². The number of ketones is 1. The van der Waals surface area contributed by atoms with Crippen LogP contribution in [0.4, 0.5) is 5.69 Å². The third kappa shape index (κ3) is 4.33. The molecule has 1 aromatic rings. The molecule has 0 aromatic heterocycles. The molecule has 0 aliphatic carbocycles. The fourth-order valence-corrected chi connectivity index (χ4v) is 4.16. The van der Waals surface area contributed by atoms with Gasteiger partial charge in [-0.1, -0.05) is 19.1 Å². The molecule has 1 atom stereocenters. The molecule has 2 heterocycles. The van der Waals surface area contributed by atoms with E-state index in [1.807, 2.05) is 29.2 Å². The smallest absolute Gasteiger partial charge is 0.227 e. The van der Waals surface area contributed by atoms with Gasteiger partial charge in [0, 0.05) is 50.6 Å². The number of hydrogen-bond acceptors (Lipinski definition) is 4. The molecule has 0 N–H and O–H groups in total. The molecule has 1 aromatic carbocycles. The number of Topliss-reactive ketones (excluding diaryl/α,β-unsaturated/α-hetero) is 1. The van der Waals surface area contributed by atoms with Gasteiger partial charge in [0.05, 0.1) is 5.69 Å². The SMILES string of the molecule is CCN1CCN(CCCCN2C(=O)CCC(=O)c3ccccc32)CC1C. The third-order valence-electron chi connectivity index (χ3n) is 5.72. The van der Waals surface area contributed by atoms with Crippen LogP contribution in [0.3, 0.4) is 0 Å². The summed E-state index contributed by atoms with van der Waals surface area (Å²) in [5, 5.41) is 0. The summed E-state index contributed by atoms with van der Waals surface area (Å²) in [4.78, 5) is 31.6. The van der Waals surface area contributed by atoms with Gasteiger partial charge in [0.2, 0.25) is 5.91 Å². The van der Waals surface area contributed by atoms with Crippen molar-refractivity contribution in [3.63, 3.8) is 0 Å². The largest absolute Gasteiger partial charge is 0.312 e. The van der Waals surface area contributed by atoms with Gasteiger partial charge in [0.15, 0.2) is 5.78 Å². The van der Waals surface area contributed by atoms with E-state index in [1.54, 1.807) is 0 Å². The second kappa shape index (κ2) is 8.78. The van der Waals surface area contributed by atoms with Crippen molar-refractivity contribution in [2.24, 2.45) is 0 Å². The molecule has 0 spiro atoms. The fraction of sp³-hybridized carbons (Fsp3) is 0.619. The van der Waals surface area contributed by atoms with Crippen molar-refractivity contribution in [1.82, 2.24) is 9.80 Å². The van der Waals surface area contributed by atoms with Crippen LogP contribution in [0.15, 0.2) is 24.3 Å². The Morgan fingerprint density at radius 3 is 2.58 bits per heavy atom. The zero-order chi connectivity index (χ0) is 18.5. The van der Waals surface area contributed by atoms with E-state index in [2.05, 4.69) is 23.6 Å². The minimum absolute atomic E-state index is 0.0773. The Bertz CT molecular complexity index is 646. The molecule has 1 unspecified atom stereocenters. The normalized spacial score (nSPS) is 22.4. The molecule has 3 rings (SSSR count). The number of carbonyl (C=O) groups excluding carboxylic acids is 2.